The van der Waals surface area contributed by atoms with Crippen LogP contribution in [0.1, 0.15) is 110 Å². The van der Waals surface area contributed by atoms with Crippen LogP contribution in [0, 0.1) is 13.8 Å². The van der Waals surface area contributed by atoms with E-state index in [1.54, 1.807) is 11.1 Å². The number of aliphatic carboxylic acids is 1. The Bertz CT molecular complexity index is 1550. The van der Waals surface area contributed by atoms with Gasteiger partial charge < -0.3 is 20.9 Å². The number of nitrogens with two attached hydrogens (primary N) is 1. The predicted octanol–water partition coefficient (Wildman–Crippen LogP) is 6.12. The fourth-order valence-electron chi connectivity index (χ4n) is 5.99. The molecule has 4 N–H and O–H groups in total. The molecule has 0 radical (unpaired) electrons. The number of fused-ring (bicyclic) bond motifs is 8. The van der Waals surface area contributed by atoms with E-state index >= 15 is 0 Å². The van der Waals surface area contributed by atoms with Crippen molar-refractivity contribution < 1.29 is 32.6 Å². The number of carboxylic acids is 1. The highest BCUT2D eigenvalue weighted by molar-refractivity contribution is 5.94. The fourth-order valence-corrected chi connectivity index (χ4v) is 5.99. The van der Waals surface area contributed by atoms with E-state index < -0.39 is 12.1 Å². The molecule has 2 bridgehead atoms. The van der Waals surface area contributed by atoms with Crippen LogP contribution < -0.4 is 11.1 Å². The standard InChI is InChI=1S/C29H29N3O2.C2HF3O2/c1-14-9-26(30)32-15(2)25(14)13-31-29(33)18-7-8-19-22(10-18)28-24-12-21(17-5-6-17)20(16-3-4-16)11-23(24)27(19)34-28;3-2(4,5)1(6)7/h7-12,16-17,27-28H,3-6,13H2,1-2H3,(H2,30,32)(H,31,33);(H,6,7). The molecule has 2 atom stereocenters. The van der Waals surface area contributed by atoms with Crippen LogP contribution in [0.15, 0.2) is 36.4 Å². The molecule has 3 aromatic rings. The van der Waals surface area contributed by atoms with Gasteiger partial charge in [-0.3, -0.25) is 4.79 Å². The molecule has 2 saturated carbocycles. The number of benzene rings is 2. The Hall–Kier alpha value is -3.92. The number of carbonyl (C=O) groups is 2. The van der Waals surface area contributed by atoms with Crippen LogP contribution in [-0.4, -0.2) is 28.1 Å². The summed E-state index contributed by atoms with van der Waals surface area (Å²) in [6.45, 7) is 4.36. The van der Waals surface area contributed by atoms with Crippen LogP contribution in [-0.2, 0) is 16.1 Å². The van der Waals surface area contributed by atoms with Crippen molar-refractivity contribution in [2.45, 2.75) is 76.3 Å². The molecular formula is C31H30F3N3O4. The molecule has 10 heteroatoms. The van der Waals surface area contributed by atoms with E-state index in [1.165, 1.54) is 42.4 Å². The Balaban J connectivity index is 0.000000387. The summed E-state index contributed by atoms with van der Waals surface area (Å²) in [7, 11) is 0. The quantitative estimate of drug-likeness (QED) is 0.343. The van der Waals surface area contributed by atoms with Gasteiger partial charge in [-0.2, -0.15) is 13.2 Å². The van der Waals surface area contributed by atoms with Gasteiger partial charge in [0.25, 0.3) is 5.91 Å². The zero-order chi connectivity index (χ0) is 29.2. The third kappa shape index (κ3) is 5.16. The van der Waals surface area contributed by atoms with Gasteiger partial charge in [-0.1, -0.05) is 18.2 Å². The maximum absolute atomic E-state index is 13.0. The summed E-state index contributed by atoms with van der Waals surface area (Å²) in [4.78, 5) is 26.3. The number of carboxylic acid groups (broad SMARTS) is 1. The second-order valence-electron chi connectivity index (χ2n) is 11.3. The minimum absolute atomic E-state index is 0.00372. The molecule has 7 nitrogen and oxygen atoms in total. The molecule has 2 aliphatic carbocycles. The number of alkyl halides is 3. The highest BCUT2D eigenvalue weighted by Gasteiger charge is 2.45. The molecule has 7 rings (SSSR count). The summed E-state index contributed by atoms with van der Waals surface area (Å²) in [6.07, 6.45) is 0.152. The van der Waals surface area contributed by atoms with Gasteiger partial charge in [0.2, 0.25) is 0 Å². The van der Waals surface area contributed by atoms with Crippen LogP contribution in [0.4, 0.5) is 19.0 Å². The number of nitrogens with zero attached hydrogens (tertiary/aromatic N) is 1. The number of nitrogens with one attached hydrogen (secondary N) is 1. The fraction of sp³-hybridized carbons (Fsp3) is 0.387. The largest absolute Gasteiger partial charge is 0.490 e. The molecule has 0 spiro atoms. The Morgan fingerprint density at radius 1 is 0.927 bits per heavy atom. The molecule has 2 unspecified atom stereocenters. The van der Waals surface area contributed by atoms with Crippen LogP contribution in [0.3, 0.4) is 0 Å². The smallest absolute Gasteiger partial charge is 0.475 e. The van der Waals surface area contributed by atoms with Crippen molar-refractivity contribution in [2.24, 2.45) is 0 Å². The molecule has 3 heterocycles. The minimum atomic E-state index is -5.08. The lowest BCUT2D eigenvalue weighted by atomic mass is 9.82. The molecule has 1 amide bonds. The highest BCUT2D eigenvalue weighted by atomic mass is 19.4. The van der Waals surface area contributed by atoms with E-state index in [4.69, 9.17) is 20.4 Å². The van der Waals surface area contributed by atoms with Gasteiger partial charge in [0.1, 0.15) is 18.0 Å². The Labute approximate surface area is 234 Å². The van der Waals surface area contributed by atoms with Gasteiger partial charge in [0, 0.05) is 17.8 Å². The molecular weight excluding hydrogens is 535 g/mol. The first-order valence-corrected chi connectivity index (χ1v) is 13.7. The maximum Gasteiger partial charge on any atom is 0.490 e. The first kappa shape index (κ1) is 27.3. The van der Waals surface area contributed by atoms with Crippen LogP contribution in [0.25, 0.3) is 0 Å². The number of nitrogen functional groups attached to an aromatic ring is 1. The van der Waals surface area contributed by atoms with E-state index in [9.17, 15) is 18.0 Å². The third-order valence-corrected chi connectivity index (χ3v) is 8.32. The number of ether oxygens (including phenoxy) is 1. The number of aromatic nitrogens is 1. The highest BCUT2D eigenvalue weighted by Crippen LogP contribution is 2.58. The summed E-state index contributed by atoms with van der Waals surface area (Å²) in [5.41, 5.74) is 17.6. The van der Waals surface area contributed by atoms with E-state index in [2.05, 4.69) is 28.5 Å². The zero-order valence-corrected chi connectivity index (χ0v) is 22.6. The molecule has 2 aromatic carbocycles. The number of hydrogen-bond donors (Lipinski definition) is 3. The van der Waals surface area contributed by atoms with Crippen molar-refractivity contribution in [2.75, 3.05) is 5.73 Å². The molecule has 0 saturated heterocycles. The SMILES string of the molecule is Cc1cc(N)nc(C)c1CNC(=O)c1ccc2c(c1)C1OC2c2cc(C3CC3)c(C3CC3)cc21.O=C(O)C(F)(F)F. The molecule has 2 aliphatic heterocycles. The Morgan fingerprint density at radius 3 is 1.98 bits per heavy atom. The van der Waals surface area contributed by atoms with Gasteiger partial charge in [-0.25, -0.2) is 9.78 Å². The summed E-state index contributed by atoms with van der Waals surface area (Å²) in [6, 6.07) is 12.8. The lowest BCUT2D eigenvalue weighted by molar-refractivity contribution is -0.192. The molecule has 41 heavy (non-hydrogen) atoms. The molecule has 4 aliphatic rings. The average molecular weight is 566 g/mol. The maximum atomic E-state index is 13.0. The number of rotatable bonds is 5. The minimum Gasteiger partial charge on any atom is -0.475 e. The second-order valence-corrected chi connectivity index (χ2v) is 11.3. The second kappa shape index (κ2) is 9.87. The van der Waals surface area contributed by atoms with E-state index in [1.807, 2.05) is 32.0 Å². The Morgan fingerprint density at radius 2 is 1.46 bits per heavy atom. The normalized spacial score (nSPS) is 20.1. The van der Waals surface area contributed by atoms with Gasteiger partial charge in [-0.05, 0) is 114 Å². The zero-order valence-electron chi connectivity index (χ0n) is 22.6. The number of anilines is 1. The van der Waals surface area contributed by atoms with E-state index in [0.29, 0.717) is 17.9 Å². The number of pyridine rings is 1. The number of hydrogen-bond acceptors (Lipinski definition) is 5. The van der Waals surface area contributed by atoms with Crippen molar-refractivity contribution in [3.63, 3.8) is 0 Å². The van der Waals surface area contributed by atoms with Crippen molar-refractivity contribution in [1.29, 1.82) is 0 Å². The van der Waals surface area contributed by atoms with E-state index in [0.717, 1.165) is 34.2 Å². The molecule has 1 aromatic heterocycles. The van der Waals surface area contributed by atoms with Crippen LogP contribution >= 0.6 is 0 Å². The van der Waals surface area contributed by atoms with Gasteiger partial charge in [0.15, 0.2) is 0 Å². The van der Waals surface area contributed by atoms with Crippen LogP contribution in [0.2, 0.25) is 0 Å². The first-order valence-electron chi connectivity index (χ1n) is 13.7. The van der Waals surface area contributed by atoms with Gasteiger partial charge >= 0.3 is 12.1 Å². The monoisotopic (exact) mass is 565 g/mol. The van der Waals surface area contributed by atoms with Gasteiger partial charge in [0.05, 0.1) is 0 Å². The lowest BCUT2D eigenvalue weighted by Gasteiger charge is -2.20. The lowest BCUT2D eigenvalue weighted by Crippen LogP contribution is -2.24. The number of halogens is 3. The topological polar surface area (TPSA) is 115 Å². The molecule has 214 valence electrons. The van der Waals surface area contributed by atoms with Crippen molar-refractivity contribution in [1.82, 2.24) is 10.3 Å². The summed E-state index contributed by atoms with van der Waals surface area (Å²) in [5.74, 6) is -0.828. The number of carbonyl (C=O) groups excluding carboxylic acids is 1. The summed E-state index contributed by atoms with van der Waals surface area (Å²) in [5, 5.41) is 10.2. The average Bonchev–Trinajstić information content (AvgIpc) is 3.84. The number of aryl methyl sites for hydroxylation is 2. The van der Waals surface area contributed by atoms with Crippen molar-refractivity contribution in [3.8, 4) is 0 Å². The van der Waals surface area contributed by atoms with Crippen molar-refractivity contribution >= 4 is 17.7 Å². The van der Waals surface area contributed by atoms with E-state index in [-0.39, 0.29) is 18.1 Å². The first-order chi connectivity index (χ1) is 19.4. The predicted molar refractivity (Wildman–Crippen MR) is 145 cm³/mol. The summed E-state index contributed by atoms with van der Waals surface area (Å²) >= 11 is 0. The Kier molecular flexibility index (Phi) is 6.56. The van der Waals surface area contributed by atoms with Crippen molar-refractivity contribution in [3.05, 3.63) is 92.2 Å². The number of amides is 1. The third-order valence-electron chi connectivity index (χ3n) is 8.32. The molecule has 2 fully saturated rings. The van der Waals surface area contributed by atoms with Gasteiger partial charge in [-0.15, -0.1) is 0 Å². The van der Waals surface area contributed by atoms with Crippen LogP contribution in [0.5, 0.6) is 0 Å². The summed E-state index contributed by atoms with van der Waals surface area (Å²) < 4.78 is 38.2.